The van der Waals surface area contributed by atoms with Crippen LogP contribution in [0.4, 0.5) is 0 Å². The van der Waals surface area contributed by atoms with Gasteiger partial charge in [0.05, 0.1) is 11.1 Å². The molecule has 5 rings (SSSR count). The molecule has 3 fully saturated rings. The molecule has 11 N–H and O–H groups in total. The number of carbonyl (C=O) groups is 10. The average molecular weight is 1070 g/mol. The number of likely N-dealkylation sites (N-methyl/N-ethyl adjacent to an activating group) is 1. The number of phenols is 2. The number of primary amides is 1. The Labute approximate surface area is 438 Å². The molecule has 75 heavy (non-hydrogen) atoms. The van der Waals surface area contributed by atoms with Crippen molar-refractivity contribution in [3.8, 4) is 11.5 Å². The quantitative estimate of drug-likeness (QED) is 0.0694. The van der Waals surface area contributed by atoms with E-state index in [0.29, 0.717) is 28.9 Å². The van der Waals surface area contributed by atoms with E-state index in [1.54, 1.807) is 26.0 Å². The fourth-order valence-electron chi connectivity index (χ4n) is 9.28. The summed E-state index contributed by atoms with van der Waals surface area (Å²) < 4.78 is 5.92. The largest absolute Gasteiger partial charge is 0.508 e. The monoisotopic (exact) mass is 1070 g/mol. The number of hydrogen-bond acceptors (Lipinski definition) is 15. The van der Waals surface area contributed by atoms with Crippen molar-refractivity contribution < 1.29 is 73.1 Å². The van der Waals surface area contributed by atoms with E-state index in [9.17, 15) is 68.4 Å². The molecule has 12 unspecified atom stereocenters. The topological polar surface area (TPSA) is 357 Å². The summed E-state index contributed by atoms with van der Waals surface area (Å²) in [6.07, 6.45) is -5.20. The smallest absolute Gasteiger partial charge is 0.329 e. The molecule has 2 bridgehead atoms. The second-order valence-corrected chi connectivity index (χ2v) is 19.7. The van der Waals surface area contributed by atoms with Crippen molar-refractivity contribution >= 4 is 71.2 Å². The van der Waals surface area contributed by atoms with Gasteiger partial charge in [-0.2, -0.15) is 0 Å². The van der Waals surface area contributed by atoms with Crippen LogP contribution in [0, 0.1) is 5.92 Å². The van der Waals surface area contributed by atoms with Crippen molar-refractivity contribution in [2.75, 3.05) is 13.6 Å². The van der Waals surface area contributed by atoms with Crippen LogP contribution in [0.15, 0.2) is 42.5 Å². The summed E-state index contributed by atoms with van der Waals surface area (Å²) in [4.78, 5) is 142. The molecule has 25 heteroatoms. The number of aliphatic hydroxyl groups is 2. The van der Waals surface area contributed by atoms with Crippen LogP contribution < -0.4 is 32.3 Å². The SMILES string of the molecule is CCC(C)C1NC(=O)C(Cc2ccc(O)c(Cl)c2)N(C)C(=O)C(C(C)O)N2C(=O)C(CCC2O)NC(=O)C(CCc2ccc(O)cc2)NC(=O)C(NC(=O)C(CCC(N)=O)NC(=O)C2CCCN2C=O)C(C)OC1=O. The number of piperidine rings is 1. The number of carbonyl (C=O) groups excluding carboxylic acids is 10. The van der Waals surface area contributed by atoms with Crippen molar-refractivity contribution in [1.82, 2.24) is 41.3 Å². The summed E-state index contributed by atoms with van der Waals surface area (Å²) in [7, 11) is 1.21. The number of rotatable bonds is 16. The van der Waals surface area contributed by atoms with Gasteiger partial charge < -0.3 is 72.2 Å². The summed E-state index contributed by atoms with van der Waals surface area (Å²) in [5, 5.41) is 55.5. The van der Waals surface area contributed by atoms with E-state index in [4.69, 9.17) is 22.1 Å². The van der Waals surface area contributed by atoms with E-state index < -0.39 is 132 Å². The Morgan fingerprint density at radius 3 is 2.24 bits per heavy atom. The first-order valence-corrected chi connectivity index (χ1v) is 25.3. The molecule has 410 valence electrons. The minimum absolute atomic E-state index is 0.0518. The lowest BCUT2D eigenvalue weighted by Crippen LogP contribution is -2.67. The lowest BCUT2D eigenvalue weighted by molar-refractivity contribution is -0.170. The van der Waals surface area contributed by atoms with E-state index in [2.05, 4.69) is 26.6 Å². The Morgan fingerprint density at radius 2 is 1.61 bits per heavy atom. The molecular formula is C50H68ClN9O15. The normalized spacial score (nSPS) is 26.5. The van der Waals surface area contributed by atoms with Gasteiger partial charge in [0, 0.05) is 26.4 Å². The highest BCUT2D eigenvalue weighted by Crippen LogP contribution is 2.28. The van der Waals surface area contributed by atoms with Crippen LogP contribution >= 0.6 is 11.6 Å². The zero-order chi connectivity index (χ0) is 55.4. The molecule has 0 aromatic heterocycles. The van der Waals surface area contributed by atoms with Gasteiger partial charge in [0.25, 0.3) is 0 Å². The van der Waals surface area contributed by atoms with Gasteiger partial charge in [-0.25, -0.2) is 4.79 Å². The first-order valence-electron chi connectivity index (χ1n) is 24.9. The number of ether oxygens (including phenoxy) is 1. The number of amides is 9. The molecule has 2 aromatic rings. The van der Waals surface area contributed by atoms with Crippen LogP contribution in [-0.2, 0) is 65.5 Å². The van der Waals surface area contributed by atoms with Gasteiger partial charge in [-0.05, 0) is 100 Å². The van der Waals surface area contributed by atoms with Crippen molar-refractivity contribution in [1.29, 1.82) is 0 Å². The molecule has 24 nitrogen and oxygen atoms in total. The number of benzene rings is 2. The van der Waals surface area contributed by atoms with E-state index in [-0.39, 0.29) is 74.4 Å². The first-order chi connectivity index (χ1) is 35.4. The zero-order valence-electron chi connectivity index (χ0n) is 42.4. The number of fused-ring (bicyclic) bond motifs is 2. The molecule has 0 spiro atoms. The highest BCUT2D eigenvalue weighted by atomic mass is 35.5. The molecular weight excluding hydrogens is 1000 g/mol. The van der Waals surface area contributed by atoms with Crippen LogP contribution in [0.2, 0.25) is 5.02 Å². The number of halogens is 1. The number of esters is 1. The van der Waals surface area contributed by atoms with Crippen molar-refractivity contribution in [3.63, 3.8) is 0 Å². The molecule has 9 amide bonds. The minimum Gasteiger partial charge on any atom is -0.508 e. The zero-order valence-corrected chi connectivity index (χ0v) is 43.2. The maximum atomic E-state index is 14.8. The van der Waals surface area contributed by atoms with Crippen LogP contribution in [0.3, 0.4) is 0 Å². The number of aromatic hydroxyl groups is 2. The summed E-state index contributed by atoms with van der Waals surface area (Å²) in [5.41, 5.74) is 6.34. The Hall–Kier alpha value is -7.05. The third kappa shape index (κ3) is 15.1. The predicted octanol–water partition coefficient (Wildman–Crippen LogP) is -1.25. The number of hydrogen-bond donors (Lipinski definition) is 10. The van der Waals surface area contributed by atoms with Gasteiger partial charge in [0.1, 0.15) is 72.2 Å². The number of likely N-dealkylation sites (tertiary alicyclic amines) is 1. The summed E-state index contributed by atoms with van der Waals surface area (Å²) in [5.74, 6) is -9.90. The van der Waals surface area contributed by atoms with Gasteiger partial charge in [-0.15, -0.1) is 0 Å². The molecule has 0 saturated carbocycles. The van der Waals surface area contributed by atoms with Gasteiger partial charge in [0.15, 0.2) is 0 Å². The third-order valence-corrected chi connectivity index (χ3v) is 14.2. The first kappa shape index (κ1) is 58.8. The standard InChI is InChI=1S/C50H68ClN9O15/c1-6-25(2)40-50(74)75-27(4)41(57-44(68)33(16-19-38(52)65)53-45(69)35-8-7-21-59(35)24-61)47(71)54-32(15-11-28-9-13-30(63)14-10-28)43(67)55-34-17-20-39(66)60(48(34)72)42(26(3)62)49(73)58(5)36(46(70)56-40)23-29-12-18-37(64)31(51)22-29/h9-10,12-14,18,22,24-27,32-36,39-42,62-64,66H,6-8,11,15-17,19-21,23H2,1-5H3,(H2,52,65)(H,53,69)(H,54,71)(H,55,67)(H,56,70)(H,57,68). The van der Waals surface area contributed by atoms with Gasteiger partial charge >= 0.3 is 5.97 Å². The Morgan fingerprint density at radius 1 is 0.933 bits per heavy atom. The van der Waals surface area contributed by atoms with E-state index in [1.807, 2.05) is 0 Å². The van der Waals surface area contributed by atoms with Crippen LogP contribution in [0.25, 0.3) is 0 Å². The maximum absolute atomic E-state index is 14.8. The van der Waals surface area contributed by atoms with E-state index >= 15 is 0 Å². The molecule has 3 saturated heterocycles. The highest BCUT2D eigenvalue weighted by Gasteiger charge is 2.47. The summed E-state index contributed by atoms with van der Waals surface area (Å²) in [6, 6.07) is -2.45. The Kier molecular flexibility index (Phi) is 20.7. The number of phenolic OH excluding ortho intramolecular Hbond substituents is 2. The second kappa shape index (κ2) is 26.4. The molecule has 12 atom stereocenters. The van der Waals surface area contributed by atoms with Gasteiger partial charge in [-0.3, -0.25) is 43.2 Å². The van der Waals surface area contributed by atoms with E-state index in [0.717, 1.165) is 4.90 Å². The predicted molar refractivity (Wildman–Crippen MR) is 266 cm³/mol. The number of nitrogens with zero attached hydrogens (tertiary/aromatic N) is 3. The Balaban J connectivity index is 1.63. The summed E-state index contributed by atoms with van der Waals surface area (Å²) in [6.45, 7) is 6.00. The molecule has 3 heterocycles. The number of nitrogens with two attached hydrogens (primary N) is 1. The van der Waals surface area contributed by atoms with Crippen LogP contribution in [-0.4, -0.2) is 175 Å². The second-order valence-electron chi connectivity index (χ2n) is 19.3. The van der Waals surface area contributed by atoms with Crippen LogP contribution in [0.5, 0.6) is 11.5 Å². The van der Waals surface area contributed by atoms with Crippen LogP contribution in [0.1, 0.15) is 90.2 Å². The highest BCUT2D eigenvalue weighted by molar-refractivity contribution is 6.32. The third-order valence-electron chi connectivity index (χ3n) is 13.9. The van der Waals surface area contributed by atoms with Gasteiger partial charge in [0.2, 0.25) is 53.7 Å². The van der Waals surface area contributed by atoms with Gasteiger partial charge in [-0.1, -0.05) is 50.1 Å². The lowest BCUT2D eigenvalue weighted by atomic mass is 9.96. The molecule has 2 aromatic carbocycles. The van der Waals surface area contributed by atoms with Crippen molar-refractivity contribution in [2.24, 2.45) is 11.7 Å². The number of nitrogens with one attached hydrogen (secondary N) is 5. The number of cyclic esters (lactones) is 1. The maximum Gasteiger partial charge on any atom is 0.329 e. The van der Waals surface area contributed by atoms with Crippen molar-refractivity contribution in [3.05, 3.63) is 58.6 Å². The number of aliphatic hydroxyl groups excluding tert-OH is 2. The van der Waals surface area contributed by atoms with E-state index in [1.165, 1.54) is 56.1 Å². The minimum atomic E-state index is -1.91. The van der Waals surface area contributed by atoms with Crippen molar-refractivity contribution in [2.45, 2.75) is 159 Å². The molecule has 3 aliphatic heterocycles. The molecule has 0 radical (unpaired) electrons. The number of aryl methyl sites for hydroxylation is 1. The summed E-state index contributed by atoms with van der Waals surface area (Å²) >= 11 is 6.24. The molecule has 0 aliphatic carbocycles. The lowest BCUT2D eigenvalue weighted by Gasteiger charge is -2.43. The fourth-order valence-corrected chi connectivity index (χ4v) is 9.48. The Bertz CT molecular complexity index is 2450. The average Bonchev–Trinajstić information content (AvgIpc) is 3.86. The molecule has 3 aliphatic rings. The fraction of sp³-hybridized carbons (Fsp3) is 0.560.